The van der Waals surface area contributed by atoms with E-state index in [1.807, 2.05) is 43.0 Å². The van der Waals surface area contributed by atoms with Crippen LogP contribution < -0.4 is 26.2 Å². The lowest BCUT2D eigenvalue weighted by molar-refractivity contribution is -0.120. The Bertz CT molecular complexity index is 995. The Morgan fingerprint density at radius 2 is 2.00 bits per heavy atom. The monoisotopic (exact) mass is 400 g/mol. The van der Waals surface area contributed by atoms with E-state index in [0.29, 0.717) is 43.5 Å². The zero-order valence-electron chi connectivity index (χ0n) is 17.2. The summed E-state index contributed by atoms with van der Waals surface area (Å²) in [6.07, 6.45) is 1.55. The number of amides is 1. The number of rotatable bonds is 6. The number of para-hydroxylation sites is 2. The molecule has 156 valence electrons. The Morgan fingerprint density at radius 3 is 2.72 bits per heavy atom. The molecule has 0 aliphatic carbocycles. The molecule has 0 spiro atoms. The van der Waals surface area contributed by atoms with E-state index >= 15 is 0 Å². The maximum atomic E-state index is 12.9. The van der Waals surface area contributed by atoms with Crippen molar-refractivity contribution in [1.29, 1.82) is 0 Å². The van der Waals surface area contributed by atoms with E-state index < -0.39 is 0 Å². The van der Waals surface area contributed by atoms with Crippen molar-refractivity contribution in [3.05, 3.63) is 51.2 Å². The third kappa shape index (κ3) is 4.36. The number of anilines is 2. The van der Waals surface area contributed by atoms with Crippen LogP contribution in [0.25, 0.3) is 0 Å². The summed E-state index contributed by atoms with van der Waals surface area (Å²) in [5.74, 6) is 0.884. The molecule has 0 bridgehead atoms. The number of aromatic nitrogens is 2. The number of ether oxygens (including phenoxy) is 1. The molecule has 3 rings (SSSR count). The van der Waals surface area contributed by atoms with Crippen LogP contribution in [0.4, 0.5) is 11.5 Å². The van der Waals surface area contributed by atoms with Crippen molar-refractivity contribution < 1.29 is 9.53 Å². The van der Waals surface area contributed by atoms with Crippen molar-refractivity contribution in [1.82, 2.24) is 9.13 Å². The van der Waals surface area contributed by atoms with E-state index in [4.69, 9.17) is 4.74 Å². The molecule has 1 atom stereocenters. The zero-order valence-corrected chi connectivity index (χ0v) is 17.2. The van der Waals surface area contributed by atoms with Gasteiger partial charge in [-0.15, -0.1) is 0 Å². The van der Waals surface area contributed by atoms with Gasteiger partial charge in [0.25, 0.3) is 5.56 Å². The summed E-state index contributed by atoms with van der Waals surface area (Å²) in [5, 5.41) is 2.97. The molecular weight excluding hydrogens is 372 g/mol. The van der Waals surface area contributed by atoms with Gasteiger partial charge in [0.2, 0.25) is 5.91 Å². The molecule has 1 fully saturated rings. The molecule has 8 nitrogen and oxygen atoms in total. The van der Waals surface area contributed by atoms with Crippen LogP contribution in [0.3, 0.4) is 0 Å². The number of carbonyl (C=O) groups excluding carboxylic acids is 1. The van der Waals surface area contributed by atoms with Gasteiger partial charge in [-0.2, -0.15) is 0 Å². The summed E-state index contributed by atoms with van der Waals surface area (Å²) in [7, 11) is 1.48. The van der Waals surface area contributed by atoms with Crippen molar-refractivity contribution in [2.75, 3.05) is 29.9 Å². The highest BCUT2D eigenvalue weighted by atomic mass is 16.5. The molecule has 2 heterocycles. The van der Waals surface area contributed by atoms with Crippen LogP contribution in [0.5, 0.6) is 5.75 Å². The molecule has 1 aromatic carbocycles. The van der Waals surface area contributed by atoms with E-state index in [2.05, 4.69) is 5.32 Å². The average molecular weight is 400 g/mol. The van der Waals surface area contributed by atoms with Gasteiger partial charge in [-0.05, 0) is 38.8 Å². The van der Waals surface area contributed by atoms with E-state index in [0.717, 1.165) is 17.4 Å². The first-order chi connectivity index (χ1) is 14.0. The van der Waals surface area contributed by atoms with Gasteiger partial charge < -0.3 is 15.0 Å². The van der Waals surface area contributed by atoms with Crippen molar-refractivity contribution in [2.45, 2.75) is 33.2 Å². The van der Waals surface area contributed by atoms with E-state index in [-0.39, 0.29) is 23.1 Å². The van der Waals surface area contributed by atoms with Crippen LogP contribution in [-0.4, -0.2) is 34.7 Å². The minimum atomic E-state index is -0.341. The van der Waals surface area contributed by atoms with Gasteiger partial charge >= 0.3 is 5.69 Å². The Morgan fingerprint density at radius 1 is 1.24 bits per heavy atom. The summed E-state index contributed by atoms with van der Waals surface area (Å²) in [4.78, 5) is 39.5. The molecular formula is C21H28N4O4. The first-order valence-electron chi connectivity index (χ1n) is 10.0. The van der Waals surface area contributed by atoms with Crippen LogP contribution in [0, 0.1) is 5.92 Å². The summed E-state index contributed by atoms with van der Waals surface area (Å²) < 4.78 is 8.26. The smallest absolute Gasteiger partial charge is 0.332 e. The summed E-state index contributed by atoms with van der Waals surface area (Å²) >= 11 is 0. The fourth-order valence-electron chi connectivity index (χ4n) is 3.70. The standard InChI is InChI=1S/C21H28N4O4/c1-4-25-18(13-19(26)23(3)21(25)28)24-12-8-9-15(14-24)20(27)22-16-10-6-7-11-17(16)29-5-2/h6-7,10-11,13,15H,4-5,8-9,12,14H2,1-3H3,(H,22,27). The van der Waals surface area contributed by atoms with Crippen LogP contribution in [0.2, 0.25) is 0 Å². The Labute approximate surface area is 169 Å². The highest BCUT2D eigenvalue weighted by Gasteiger charge is 2.28. The van der Waals surface area contributed by atoms with Gasteiger partial charge in [0.15, 0.2) is 0 Å². The average Bonchev–Trinajstić information content (AvgIpc) is 2.73. The van der Waals surface area contributed by atoms with Crippen molar-refractivity contribution >= 4 is 17.4 Å². The summed E-state index contributed by atoms with van der Waals surface area (Å²) in [5.41, 5.74) is -0.0327. The van der Waals surface area contributed by atoms with E-state index in [1.165, 1.54) is 13.1 Å². The highest BCUT2D eigenvalue weighted by Crippen LogP contribution is 2.27. The van der Waals surface area contributed by atoms with Gasteiger partial charge in [-0.1, -0.05) is 12.1 Å². The van der Waals surface area contributed by atoms with Crippen LogP contribution in [0.1, 0.15) is 26.7 Å². The van der Waals surface area contributed by atoms with Crippen molar-refractivity contribution in [3.8, 4) is 5.75 Å². The molecule has 1 N–H and O–H groups in total. The molecule has 1 aliphatic rings. The van der Waals surface area contributed by atoms with Crippen molar-refractivity contribution in [3.63, 3.8) is 0 Å². The lowest BCUT2D eigenvalue weighted by Gasteiger charge is -2.34. The van der Waals surface area contributed by atoms with Gasteiger partial charge in [-0.3, -0.25) is 18.7 Å². The first kappa shape index (κ1) is 20.7. The first-order valence-corrected chi connectivity index (χ1v) is 10.0. The molecule has 0 radical (unpaired) electrons. The summed E-state index contributed by atoms with van der Waals surface area (Å²) in [6, 6.07) is 8.84. The molecule has 1 saturated heterocycles. The molecule has 1 unspecified atom stereocenters. The Balaban J connectivity index is 1.81. The number of nitrogens with one attached hydrogen (secondary N) is 1. The molecule has 2 aromatic rings. The van der Waals surface area contributed by atoms with Gasteiger partial charge in [0, 0.05) is 32.7 Å². The Kier molecular flexibility index (Phi) is 6.41. The van der Waals surface area contributed by atoms with Gasteiger partial charge in [0.05, 0.1) is 18.2 Å². The number of hydrogen-bond acceptors (Lipinski definition) is 5. The number of nitrogens with zero attached hydrogens (tertiary/aromatic N) is 3. The topological polar surface area (TPSA) is 85.6 Å². The highest BCUT2D eigenvalue weighted by molar-refractivity contribution is 5.94. The van der Waals surface area contributed by atoms with Gasteiger partial charge in [0.1, 0.15) is 11.6 Å². The molecule has 29 heavy (non-hydrogen) atoms. The SMILES string of the molecule is CCOc1ccccc1NC(=O)C1CCCN(c2cc(=O)n(C)c(=O)n2CC)C1. The minimum absolute atomic E-state index is 0.0870. The summed E-state index contributed by atoms with van der Waals surface area (Å²) in [6.45, 7) is 5.89. The zero-order chi connectivity index (χ0) is 21.0. The second kappa shape index (κ2) is 8.98. The number of piperidine rings is 1. The molecule has 8 heteroatoms. The fraction of sp³-hybridized carbons (Fsp3) is 0.476. The quantitative estimate of drug-likeness (QED) is 0.800. The molecule has 0 saturated carbocycles. The predicted molar refractivity (Wildman–Crippen MR) is 113 cm³/mol. The Hall–Kier alpha value is -3.03. The van der Waals surface area contributed by atoms with Crippen LogP contribution >= 0.6 is 0 Å². The molecule has 1 aliphatic heterocycles. The third-order valence-electron chi connectivity index (χ3n) is 5.25. The lowest BCUT2D eigenvalue weighted by Crippen LogP contribution is -2.46. The normalized spacial score (nSPS) is 16.5. The van der Waals surface area contributed by atoms with Crippen molar-refractivity contribution in [2.24, 2.45) is 13.0 Å². The number of carbonyl (C=O) groups is 1. The second-order valence-corrected chi connectivity index (χ2v) is 7.13. The molecule has 1 amide bonds. The maximum Gasteiger partial charge on any atom is 0.332 e. The van der Waals surface area contributed by atoms with Crippen LogP contribution in [-0.2, 0) is 18.4 Å². The maximum absolute atomic E-state index is 12.9. The minimum Gasteiger partial charge on any atom is -0.492 e. The molecule has 1 aromatic heterocycles. The van der Waals surface area contributed by atoms with Gasteiger partial charge in [-0.25, -0.2) is 4.79 Å². The van der Waals surface area contributed by atoms with E-state index in [1.54, 1.807) is 4.57 Å². The van der Waals surface area contributed by atoms with Crippen LogP contribution in [0.15, 0.2) is 39.9 Å². The third-order valence-corrected chi connectivity index (χ3v) is 5.25. The predicted octanol–water partition coefficient (Wildman–Crippen LogP) is 1.82. The lowest BCUT2D eigenvalue weighted by atomic mass is 9.97. The fourth-order valence-corrected chi connectivity index (χ4v) is 3.70. The number of hydrogen-bond donors (Lipinski definition) is 1. The number of benzene rings is 1. The van der Waals surface area contributed by atoms with E-state index in [9.17, 15) is 14.4 Å². The second-order valence-electron chi connectivity index (χ2n) is 7.13. The largest absolute Gasteiger partial charge is 0.492 e.